The lowest BCUT2D eigenvalue weighted by atomic mass is 9.87. The van der Waals surface area contributed by atoms with Gasteiger partial charge in [-0.15, -0.1) is 11.3 Å². The Kier molecular flexibility index (Phi) is 4.18. The summed E-state index contributed by atoms with van der Waals surface area (Å²) in [5.41, 5.74) is 0.187. The van der Waals surface area contributed by atoms with Crippen LogP contribution in [0.1, 0.15) is 30.4 Å². The molecule has 2 heterocycles. The minimum absolute atomic E-state index is 0.365. The molecular weight excluding hydrogens is 288 g/mol. The molecule has 112 valence electrons. The van der Waals surface area contributed by atoms with E-state index in [1.54, 1.807) is 20.8 Å². The average Bonchev–Trinajstić information content (AvgIpc) is 3.02. The van der Waals surface area contributed by atoms with Crippen LogP contribution < -0.4 is 5.32 Å². The first-order valence-corrected chi connectivity index (χ1v) is 7.43. The minimum atomic E-state index is -1.03. The quantitative estimate of drug-likeness (QED) is 0.912. The van der Waals surface area contributed by atoms with E-state index in [0.29, 0.717) is 4.88 Å². The minimum Gasteiger partial charge on any atom is -0.480 e. The van der Waals surface area contributed by atoms with Gasteiger partial charge in [0, 0.05) is 12.4 Å². The van der Waals surface area contributed by atoms with Crippen molar-refractivity contribution >= 4 is 23.2 Å². The van der Waals surface area contributed by atoms with Crippen molar-refractivity contribution in [1.82, 2.24) is 9.88 Å². The van der Waals surface area contributed by atoms with E-state index in [9.17, 15) is 14.7 Å². The van der Waals surface area contributed by atoms with Crippen molar-refractivity contribution in [2.75, 3.05) is 0 Å². The molecule has 0 aromatic carbocycles. The normalized spacial score (nSPS) is 12.9. The van der Waals surface area contributed by atoms with Crippen LogP contribution in [-0.2, 0) is 4.79 Å². The largest absolute Gasteiger partial charge is 0.480 e. The molecule has 1 unspecified atom stereocenters. The van der Waals surface area contributed by atoms with Crippen LogP contribution in [-0.4, -0.2) is 27.6 Å². The number of nitrogens with one attached hydrogen (secondary N) is 1. The summed E-state index contributed by atoms with van der Waals surface area (Å²) in [5.74, 6) is -1.40. The van der Waals surface area contributed by atoms with Crippen molar-refractivity contribution in [2.24, 2.45) is 5.41 Å². The lowest BCUT2D eigenvalue weighted by molar-refractivity contribution is -0.142. The van der Waals surface area contributed by atoms with Gasteiger partial charge in [-0.05, 0) is 29.0 Å². The molecule has 0 spiro atoms. The highest BCUT2D eigenvalue weighted by molar-refractivity contribution is 7.12. The van der Waals surface area contributed by atoms with Crippen LogP contribution >= 0.6 is 11.3 Å². The van der Waals surface area contributed by atoms with Crippen LogP contribution in [0.3, 0.4) is 0 Å². The number of carboxylic acid groups (broad SMARTS) is 1. The summed E-state index contributed by atoms with van der Waals surface area (Å²) in [6.07, 6.45) is 3.69. The molecular formula is C15H18N2O3S. The monoisotopic (exact) mass is 306 g/mol. The number of thiophene rings is 1. The topological polar surface area (TPSA) is 71.3 Å². The Morgan fingerprint density at radius 3 is 2.43 bits per heavy atom. The lowest BCUT2D eigenvalue weighted by Gasteiger charge is -2.27. The summed E-state index contributed by atoms with van der Waals surface area (Å²) in [7, 11) is 0. The molecule has 0 fully saturated rings. The Balaban J connectivity index is 2.26. The molecule has 0 saturated heterocycles. The van der Waals surface area contributed by atoms with Crippen molar-refractivity contribution in [3.63, 3.8) is 0 Å². The number of amides is 1. The first-order valence-electron chi connectivity index (χ1n) is 6.55. The zero-order valence-electron chi connectivity index (χ0n) is 12.2. The van der Waals surface area contributed by atoms with Crippen molar-refractivity contribution < 1.29 is 14.7 Å². The average molecular weight is 306 g/mol. The van der Waals surface area contributed by atoms with Gasteiger partial charge in [0.1, 0.15) is 10.9 Å². The summed E-state index contributed by atoms with van der Waals surface area (Å²) in [6, 6.07) is 4.64. The SMILES string of the molecule is CC(C)(C)C(NC(=O)c1sccc1-n1cccc1)C(=O)O. The van der Waals surface area contributed by atoms with Gasteiger partial charge in [0.15, 0.2) is 0 Å². The molecule has 0 radical (unpaired) electrons. The molecule has 0 aliphatic rings. The van der Waals surface area contributed by atoms with Gasteiger partial charge in [-0.25, -0.2) is 4.79 Å². The highest BCUT2D eigenvalue weighted by Gasteiger charge is 2.33. The Hall–Kier alpha value is -2.08. The smallest absolute Gasteiger partial charge is 0.326 e. The Labute approximate surface area is 127 Å². The van der Waals surface area contributed by atoms with E-state index in [0.717, 1.165) is 5.69 Å². The Morgan fingerprint density at radius 1 is 1.29 bits per heavy atom. The molecule has 1 amide bonds. The second kappa shape index (κ2) is 5.73. The van der Waals surface area contributed by atoms with E-state index in [2.05, 4.69) is 5.32 Å². The summed E-state index contributed by atoms with van der Waals surface area (Å²) < 4.78 is 1.83. The van der Waals surface area contributed by atoms with E-state index in [1.165, 1.54) is 11.3 Å². The third-order valence-electron chi connectivity index (χ3n) is 3.12. The fourth-order valence-corrected chi connectivity index (χ4v) is 2.81. The third kappa shape index (κ3) is 3.33. The van der Waals surface area contributed by atoms with E-state index < -0.39 is 17.4 Å². The van der Waals surface area contributed by atoms with Crippen molar-refractivity contribution in [1.29, 1.82) is 0 Å². The number of hydrogen-bond acceptors (Lipinski definition) is 3. The molecule has 6 heteroatoms. The molecule has 1 atom stereocenters. The van der Waals surface area contributed by atoms with Gasteiger partial charge >= 0.3 is 5.97 Å². The van der Waals surface area contributed by atoms with Crippen LogP contribution in [0.4, 0.5) is 0 Å². The summed E-state index contributed by atoms with van der Waals surface area (Å²) in [6.45, 7) is 5.36. The molecule has 21 heavy (non-hydrogen) atoms. The van der Waals surface area contributed by atoms with Gasteiger partial charge in [0.05, 0.1) is 5.69 Å². The highest BCUT2D eigenvalue weighted by Crippen LogP contribution is 2.24. The first kappa shape index (κ1) is 15.3. The zero-order valence-corrected chi connectivity index (χ0v) is 13.0. The van der Waals surface area contributed by atoms with Gasteiger partial charge in [0.25, 0.3) is 5.91 Å². The number of carboxylic acids is 1. The maximum atomic E-state index is 12.4. The highest BCUT2D eigenvalue weighted by atomic mass is 32.1. The number of carbonyl (C=O) groups excluding carboxylic acids is 1. The molecule has 0 bridgehead atoms. The van der Waals surface area contributed by atoms with Crippen LogP contribution in [0.15, 0.2) is 36.0 Å². The van der Waals surface area contributed by atoms with Gasteiger partial charge < -0.3 is 15.0 Å². The number of hydrogen-bond donors (Lipinski definition) is 2. The van der Waals surface area contributed by atoms with Crippen molar-refractivity contribution in [2.45, 2.75) is 26.8 Å². The summed E-state index contributed by atoms with van der Waals surface area (Å²) in [4.78, 5) is 24.3. The molecule has 2 N–H and O–H groups in total. The molecule has 2 aromatic rings. The number of rotatable bonds is 4. The van der Waals surface area contributed by atoms with Gasteiger partial charge in [-0.2, -0.15) is 0 Å². The fourth-order valence-electron chi connectivity index (χ4n) is 2.02. The van der Waals surface area contributed by atoms with E-state index >= 15 is 0 Å². The van der Waals surface area contributed by atoms with E-state index in [-0.39, 0.29) is 5.91 Å². The van der Waals surface area contributed by atoms with E-state index in [1.807, 2.05) is 40.5 Å². The molecule has 2 rings (SSSR count). The van der Waals surface area contributed by atoms with Gasteiger partial charge in [-0.1, -0.05) is 20.8 Å². The maximum absolute atomic E-state index is 12.4. The lowest BCUT2D eigenvalue weighted by Crippen LogP contribution is -2.49. The Bertz CT molecular complexity index is 638. The standard InChI is InChI=1S/C15H18N2O3S/c1-15(2,3)12(14(19)20)16-13(18)11-10(6-9-21-11)17-7-4-5-8-17/h4-9,12H,1-3H3,(H,16,18)(H,19,20). The number of aliphatic carboxylic acids is 1. The predicted molar refractivity (Wildman–Crippen MR) is 82.0 cm³/mol. The molecule has 0 aliphatic carbocycles. The van der Waals surface area contributed by atoms with Crippen LogP contribution in [0.2, 0.25) is 0 Å². The summed E-state index contributed by atoms with van der Waals surface area (Å²) >= 11 is 1.29. The fraction of sp³-hybridized carbons (Fsp3) is 0.333. The zero-order chi connectivity index (χ0) is 15.6. The first-order chi connectivity index (χ1) is 9.80. The molecule has 2 aromatic heterocycles. The van der Waals surface area contributed by atoms with Gasteiger partial charge in [0.2, 0.25) is 0 Å². The van der Waals surface area contributed by atoms with Crippen LogP contribution in [0.5, 0.6) is 0 Å². The summed E-state index contributed by atoms with van der Waals surface area (Å²) in [5, 5.41) is 13.7. The Morgan fingerprint density at radius 2 is 1.90 bits per heavy atom. The van der Waals surface area contributed by atoms with Crippen LogP contribution in [0, 0.1) is 5.41 Å². The van der Waals surface area contributed by atoms with E-state index in [4.69, 9.17) is 0 Å². The molecule has 0 aliphatic heterocycles. The number of carbonyl (C=O) groups is 2. The van der Waals surface area contributed by atoms with Crippen molar-refractivity contribution in [3.05, 3.63) is 40.8 Å². The van der Waals surface area contributed by atoms with Crippen molar-refractivity contribution in [3.8, 4) is 5.69 Å². The maximum Gasteiger partial charge on any atom is 0.326 e. The van der Waals surface area contributed by atoms with Gasteiger partial charge in [-0.3, -0.25) is 4.79 Å². The third-order valence-corrected chi connectivity index (χ3v) is 4.02. The molecule has 0 saturated carbocycles. The molecule has 5 nitrogen and oxygen atoms in total. The second-order valence-electron chi connectivity index (χ2n) is 5.84. The predicted octanol–water partition coefficient (Wildman–Crippen LogP) is 2.77. The number of aromatic nitrogens is 1. The second-order valence-corrected chi connectivity index (χ2v) is 6.75. The van der Waals surface area contributed by atoms with Crippen LogP contribution in [0.25, 0.3) is 5.69 Å². The number of nitrogens with zero attached hydrogens (tertiary/aromatic N) is 1.